The molecule has 176 valence electrons. The van der Waals surface area contributed by atoms with Crippen molar-refractivity contribution in [2.75, 3.05) is 32.2 Å². The number of hydrogen-bond donors (Lipinski definition) is 2. The molecule has 1 aliphatic heterocycles. The number of halogens is 1. The van der Waals surface area contributed by atoms with Gasteiger partial charge < -0.3 is 29.2 Å². The van der Waals surface area contributed by atoms with Crippen molar-refractivity contribution < 1.29 is 32.9 Å². The summed E-state index contributed by atoms with van der Waals surface area (Å²) in [6.45, 7) is 2.28. The molecule has 0 aliphatic carbocycles. The Bertz CT molecular complexity index is 1300. The third-order valence-corrected chi connectivity index (χ3v) is 4.88. The van der Waals surface area contributed by atoms with Crippen LogP contribution in [0.5, 0.6) is 5.75 Å². The lowest BCUT2D eigenvalue weighted by Gasteiger charge is -2.11. The maximum atomic E-state index is 14.7. The topological polar surface area (TPSA) is 112 Å². The second-order valence-electron chi connectivity index (χ2n) is 7.12. The first-order valence-electron chi connectivity index (χ1n) is 10.5. The van der Waals surface area contributed by atoms with E-state index in [9.17, 15) is 14.0 Å². The van der Waals surface area contributed by atoms with Gasteiger partial charge in [0.2, 0.25) is 11.7 Å². The van der Waals surface area contributed by atoms with Crippen LogP contribution in [0.15, 0.2) is 59.9 Å². The smallest absolute Gasteiger partial charge is 0.347 e. The molecule has 10 heteroatoms. The molecule has 0 spiro atoms. The number of benzene rings is 1. The number of aromatic amines is 1. The van der Waals surface area contributed by atoms with Gasteiger partial charge in [0.1, 0.15) is 23.8 Å². The molecule has 3 aromatic rings. The monoisotopic (exact) mass is 467 g/mol. The number of carbonyl (C=O) groups is 2. The van der Waals surface area contributed by atoms with Crippen LogP contribution in [0.25, 0.3) is 17.1 Å². The zero-order valence-corrected chi connectivity index (χ0v) is 18.5. The van der Waals surface area contributed by atoms with Crippen molar-refractivity contribution in [3.05, 3.63) is 71.3 Å². The van der Waals surface area contributed by atoms with Crippen LogP contribution in [0.1, 0.15) is 12.5 Å². The van der Waals surface area contributed by atoms with Gasteiger partial charge in [-0.15, -0.1) is 0 Å². The number of carbonyl (C=O) groups excluding carboxylic acids is 2. The van der Waals surface area contributed by atoms with Gasteiger partial charge in [-0.25, -0.2) is 14.2 Å². The normalized spacial score (nSPS) is 14.6. The van der Waals surface area contributed by atoms with Crippen LogP contribution >= 0.6 is 0 Å². The molecule has 0 unspecified atom stereocenters. The van der Waals surface area contributed by atoms with Gasteiger partial charge in [0.25, 0.3) is 0 Å². The number of methoxy groups -OCH3 is 1. The Balaban J connectivity index is 1.62. The highest BCUT2D eigenvalue weighted by Gasteiger charge is 2.37. The number of anilines is 1. The lowest BCUT2D eigenvalue weighted by molar-refractivity contribution is -0.139. The SMILES string of the molecule is CCOC(=O)C1=C(Nc2ccc(OCCOC)cc2F)O/C(=C\c2c[nH]c3ncccc23)C1=O. The molecule has 0 radical (unpaired) electrons. The Morgan fingerprint density at radius 1 is 1.29 bits per heavy atom. The summed E-state index contributed by atoms with van der Waals surface area (Å²) in [5, 5.41) is 3.45. The Labute approximate surface area is 194 Å². The average molecular weight is 467 g/mol. The Morgan fingerprint density at radius 2 is 2.15 bits per heavy atom. The van der Waals surface area contributed by atoms with Gasteiger partial charge in [-0.1, -0.05) is 0 Å². The number of allylic oxidation sites excluding steroid dienone is 1. The first-order chi connectivity index (χ1) is 16.5. The summed E-state index contributed by atoms with van der Waals surface area (Å²) in [7, 11) is 1.53. The predicted octanol–water partition coefficient (Wildman–Crippen LogP) is 3.55. The van der Waals surface area contributed by atoms with Crippen LogP contribution in [-0.4, -0.2) is 48.7 Å². The number of rotatable bonds is 9. The summed E-state index contributed by atoms with van der Waals surface area (Å²) in [5.41, 5.74) is 0.901. The van der Waals surface area contributed by atoms with Gasteiger partial charge in [0.15, 0.2) is 11.3 Å². The number of nitrogens with zero attached hydrogens (tertiary/aromatic N) is 1. The van der Waals surface area contributed by atoms with Crippen LogP contribution in [0.4, 0.5) is 10.1 Å². The van der Waals surface area contributed by atoms with Crippen LogP contribution in [0, 0.1) is 5.82 Å². The first-order valence-corrected chi connectivity index (χ1v) is 10.5. The lowest BCUT2D eigenvalue weighted by Crippen LogP contribution is -2.16. The van der Waals surface area contributed by atoms with E-state index in [2.05, 4.69) is 15.3 Å². The Kier molecular flexibility index (Phi) is 6.88. The van der Waals surface area contributed by atoms with Crippen LogP contribution in [0.2, 0.25) is 0 Å². The van der Waals surface area contributed by atoms with Gasteiger partial charge in [0, 0.05) is 36.5 Å². The minimum absolute atomic E-state index is 0.0127. The van der Waals surface area contributed by atoms with E-state index in [0.717, 1.165) is 5.39 Å². The molecule has 0 amide bonds. The third kappa shape index (κ3) is 4.76. The molecule has 0 atom stereocenters. The van der Waals surface area contributed by atoms with Crippen molar-refractivity contribution >= 4 is 34.5 Å². The summed E-state index contributed by atoms with van der Waals surface area (Å²) < 4.78 is 35.7. The van der Waals surface area contributed by atoms with Crippen LogP contribution < -0.4 is 10.1 Å². The van der Waals surface area contributed by atoms with Gasteiger partial charge >= 0.3 is 5.97 Å². The molecule has 4 rings (SSSR count). The third-order valence-electron chi connectivity index (χ3n) is 4.88. The zero-order chi connectivity index (χ0) is 24.1. The van der Waals surface area contributed by atoms with Crippen molar-refractivity contribution in [3.63, 3.8) is 0 Å². The van der Waals surface area contributed by atoms with E-state index >= 15 is 0 Å². The summed E-state index contributed by atoms with van der Waals surface area (Å²) in [6.07, 6.45) is 4.79. The number of nitrogens with one attached hydrogen (secondary N) is 2. The number of ketones is 1. The summed E-state index contributed by atoms with van der Waals surface area (Å²) in [5.74, 6) is -2.26. The zero-order valence-electron chi connectivity index (χ0n) is 18.5. The molecule has 34 heavy (non-hydrogen) atoms. The number of hydrogen-bond acceptors (Lipinski definition) is 8. The molecule has 2 N–H and O–H groups in total. The molecule has 1 aliphatic rings. The number of H-pyrrole nitrogens is 1. The van der Waals surface area contributed by atoms with Gasteiger partial charge in [-0.05, 0) is 37.3 Å². The van der Waals surface area contributed by atoms with E-state index in [1.54, 1.807) is 25.4 Å². The number of Topliss-reactive ketones (excluding diaryl/α,β-unsaturated/α-hetero) is 1. The highest BCUT2D eigenvalue weighted by Crippen LogP contribution is 2.31. The summed E-state index contributed by atoms with van der Waals surface area (Å²) in [4.78, 5) is 32.7. The van der Waals surface area contributed by atoms with Gasteiger partial charge in [0.05, 0.1) is 18.9 Å². The number of aromatic nitrogens is 2. The highest BCUT2D eigenvalue weighted by molar-refractivity contribution is 6.26. The highest BCUT2D eigenvalue weighted by atomic mass is 19.1. The molecular weight excluding hydrogens is 445 g/mol. The molecule has 1 aromatic carbocycles. The fraction of sp³-hybridized carbons (Fsp3) is 0.208. The van der Waals surface area contributed by atoms with E-state index in [-0.39, 0.29) is 36.1 Å². The van der Waals surface area contributed by atoms with Crippen molar-refractivity contribution in [2.45, 2.75) is 6.92 Å². The number of fused-ring (bicyclic) bond motifs is 1. The minimum Gasteiger partial charge on any atom is -0.491 e. The molecule has 0 fully saturated rings. The molecule has 9 nitrogen and oxygen atoms in total. The van der Waals surface area contributed by atoms with Crippen LogP contribution in [-0.2, 0) is 23.8 Å². The van der Waals surface area contributed by atoms with E-state index in [1.165, 1.54) is 31.4 Å². The fourth-order valence-electron chi connectivity index (χ4n) is 3.30. The maximum absolute atomic E-state index is 14.7. The molecule has 0 saturated carbocycles. The summed E-state index contributed by atoms with van der Waals surface area (Å²) in [6, 6.07) is 7.71. The van der Waals surface area contributed by atoms with E-state index in [4.69, 9.17) is 18.9 Å². The number of ether oxygens (including phenoxy) is 4. The van der Waals surface area contributed by atoms with E-state index in [1.807, 2.05) is 6.07 Å². The second-order valence-corrected chi connectivity index (χ2v) is 7.12. The molecule has 0 bridgehead atoms. The minimum atomic E-state index is -0.876. The quantitative estimate of drug-likeness (QED) is 0.213. The number of esters is 1. The van der Waals surface area contributed by atoms with E-state index in [0.29, 0.717) is 23.6 Å². The largest absolute Gasteiger partial charge is 0.491 e. The average Bonchev–Trinajstić information content (AvgIpc) is 3.37. The van der Waals surface area contributed by atoms with Gasteiger partial charge in [-0.3, -0.25) is 4.79 Å². The van der Waals surface area contributed by atoms with Crippen molar-refractivity contribution in [2.24, 2.45) is 0 Å². The molecule has 0 saturated heterocycles. The predicted molar refractivity (Wildman–Crippen MR) is 121 cm³/mol. The summed E-state index contributed by atoms with van der Waals surface area (Å²) >= 11 is 0. The van der Waals surface area contributed by atoms with Crippen LogP contribution in [0.3, 0.4) is 0 Å². The Hall–Kier alpha value is -4.18. The van der Waals surface area contributed by atoms with E-state index < -0.39 is 17.6 Å². The second kappa shape index (κ2) is 10.2. The lowest BCUT2D eigenvalue weighted by atomic mass is 10.1. The number of pyridine rings is 1. The first kappa shape index (κ1) is 23.0. The maximum Gasteiger partial charge on any atom is 0.347 e. The Morgan fingerprint density at radius 3 is 2.91 bits per heavy atom. The van der Waals surface area contributed by atoms with Crippen molar-refractivity contribution in [1.29, 1.82) is 0 Å². The standard InChI is InChI=1S/C24H22FN3O6/c1-3-32-24(30)20-21(29)19(11-14-13-27-22-16(14)5-4-8-26-22)34-23(20)28-18-7-6-15(12-17(18)25)33-10-9-31-2/h4-8,11-13,28H,3,9-10H2,1-2H3,(H,26,27)/b19-11-. The molecule has 3 heterocycles. The van der Waals surface area contributed by atoms with Crippen molar-refractivity contribution in [3.8, 4) is 5.75 Å². The van der Waals surface area contributed by atoms with Crippen molar-refractivity contribution in [1.82, 2.24) is 9.97 Å². The molecule has 2 aromatic heterocycles. The molecular formula is C24H22FN3O6. The van der Waals surface area contributed by atoms with Gasteiger partial charge in [-0.2, -0.15) is 0 Å². The fourth-order valence-corrected chi connectivity index (χ4v) is 3.30.